The monoisotopic (exact) mass is 361 g/mol. The highest BCUT2D eigenvalue weighted by Gasteiger charge is 2.25. The first-order chi connectivity index (χ1) is 12.8. The number of para-hydroxylation sites is 1. The van der Waals surface area contributed by atoms with E-state index in [9.17, 15) is 0 Å². The molecule has 1 atom stereocenters. The van der Waals surface area contributed by atoms with Crippen LogP contribution in [0.15, 0.2) is 77.8 Å². The van der Waals surface area contributed by atoms with Crippen molar-refractivity contribution >= 4 is 22.5 Å². The predicted molar refractivity (Wildman–Crippen MR) is 108 cm³/mol. The largest absolute Gasteiger partial charge is 0.497 e. The molecule has 0 amide bonds. The highest BCUT2D eigenvalue weighted by molar-refractivity contribution is 8.14. The Kier molecular flexibility index (Phi) is 4.67. The van der Waals surface area contributed by atoms with Crippen molar-refractivity contribution in [1.29, 1.82) is 0 Å². The van der Waals surface area contributed by atoms with Gasteiger partial charge in [0.1, 0.15) is 16.5 Å². The van der Waals surface area contributed by atoms with Crippen LogP contribution in [-0.4, -0.2) is 19.3 Å². The first kappa shape index (κ1) is 16.7. The zero-order valence-electron chi connectivity index (χ0n) is 14.7. The average molecular weight is 361 g/mol. The van der Waals surface area contributed by atoms with E-state index >= 15 is 0 Å². The second kappa shape index (κ2) is 7.26. The fraction of sp³-hybridized carbons (Fsp3) is 0.136. The lowest BCUT2D eigenvalue weighted by atomic mass is 10.0. The van der Waals surface area contributed by atoms with Crippen molar-refractivity contribution < 1.29 is 9.47 Å². The number of nitrogens with zero attached hydrogens (tertiary/aromatic N) is 1. The van der Waals surface area contributed by atoms with Gasteiger partial charge in [-0.25, -0.2) is 4.99 Å². The van der Waals surface area contributed by atoms with Crippen LogP contribution in [0.4, 0.5) is 5.69 Å². The molecule has 0 saturated heterocycles. The summed E-state index contributed by atoms with van der Waals surface area (Å²) in [5, 5.41) is 1.22. The Morgan fingerprint density at radius 3 is 2.04 bits per heavy atom. The minimum absolute atomic E-state index is 0.201. The Bertz CT molecular complexity index is 933. The minimum atomic E-state index is 0.201. The normalized spacial score (nSPS) is 15.8. The van der Waals surface area contributed by atoms with Gasteiger partial charge >= 0.3 is 0 Å². The predicted octanol–water partition coefficient (Wildman–Crippen LogP) is 5.62. The third-order valence-corrected chi connectivity index (χ3v) is 5.74. The van der Waals surface area contributed by atoms with Crippen LogP contribution in [-0.2, 0) is 0 Å². The number of thioether (sulfide) groups is 1. The summed E-state index contributed by atoms with van der Waals surface area (Å²) in [4.78, 5) is 4.89. The molecule has 0 aromatic heterocycles. The zero-order chi connectivity index (χ0) is 17.9. The van der Waals surface area contributed by atoms with Gasteiger partial charge in [0.05, 0.1) is 25.2 Å². The SMILES string of the molecule is COc1ccc(C2=Nc3ccccc3C(c3ccc(OC)cc3)S2)cc1. The van der Waals surface area contributed by atoms with Crippen molar-refractivity contribution in [2.24, 2.45) is 4.99 Å². The molecule has 0 saturated carbocycles. The molecule has 1 aliphatic rings. The fourth-order valence-corrected chi connectivity index (χ4v) is 4.28. The van der Waals surface area contributed by atoms with Crippen molar-refractivity contribution in [3.05, 3.63) is 89.5 Å². The Morgan fingerprint density at radius 2 is 1.38 bits per heavy atom. The molecular weight excluding hydrogens is 342 g/mol. The molecule has 0 bridgehead atoms. The van der Waals surface area contributed by atoms with Crippen molar-refractivity contribution in [3.63, 3.8) is 0 Å². The van der Waals surface area contributed by atoms with Gasteiger partial charge < -0.3 is 9.47 Å². The quantitative estimate of drug-likeness (QED) is 0.604. The molecule has 0 aliphatic carbocycles. The van der Waals surface area contributed by atoms with E-state index in [1.165, 1.54) is 11.1 Å². The highest BCUT2D eigenvalue weighted by atomic mass is 32.2. The molecule has 0 spiro atoms. The van der Waals surface area contributed by atoms with Crippen molar-refractivity contribution in [3.8, 4) is 11.5 Å². The van der Waals surface area contributed by atoms with E-state index in [-0.39, 0.29) is 5.25 Å². The number of methoxy groups -OCH3 is 2. The molecule has 0 radical (unpaired) electrons. The van der Waals surface area contributed by atoms with Crippen molar-refractivity contribution in [2.45, 2.75) is 5.25 Å². The van der Waals surface area contributed by atoms with Gasteiger partial charge in [0.2, 0.25) is 0 Å². The third-order valence-electron chi connectivity index (χ3n) is 4.43. The maximum absolute atomic E-state index is 5.30. The first-order valence-corrected chi connectivity index (χ1v) is 9.29. The number of fused-ring (bicyclic) bond motifs is 1. The Labute approximate surface area is 157 Å². The lowest BCUT2D eigenvalue weighted by Gasteiger charge is -2.25. The second-order valence-electron chi connectivity index (χ2n) is 5.98. The lowest BCUT2D eigenvalue weighted by molar-refractivity contribution is 0.414. The van der Waals surface area contributed by atoms with Gasteiger partial charge in [0, 0.05) is 5.56 Å². The van der Waals surface area contributed by atoms with Crippen molar-refractivity contribution in [1.82, 2.24) is 0 Å². The van der Waals surface area contributed by atoms with E-state index in [1.807, 2.05) is 30.3 Å². The van der Waals surface area contributed by atoms with Gasteiger partial charge in [0.25, 0.3) is 0 Å². The average Bonchev–Trinajstić information content (AvgIpc) is 2.73. The molecule has 1 aliphatic heterocycles. The Hall–Kier alpha value is -2.72. The number of rotatable bonds is 4. The molecule has 26 heavy (non-hydrogen) atoms. The number of hydrogen-bond donors (Lipinski definition) is 0. The minimum Gasteiger partial charge on any atom is -0.497 e. The van der Waals surface area contributed by atoms with Gasteiger partial charge in [-0.2, -0.15) is 0 Å². The molecule has 3 nitrogen and oxygen atoms in total. The Morgan fingerprint density at radius 1 is 0.769 bits per heavy atom. The number of hydrogen-bond acceptors (Lipinski definition) is 4. The van der Waals surface area contributed by atoms with E-state index in [2.05, 4.69) is 42.5 Å². The van der Waals surface area contributed by atoms with Crippen LogP contribution in [0.5, 0.6) is 11.5 Å². The summed E-state index contributed by atoms with van der Waals surface area (Å²) < 4.78 is 10.6. The summed E-state index contributed by atoms with van der Waals surface area (Å²) in [7, 11) is 3.37. The standard InChI is InChI=1S/C22H19NO2S/c1-24-17-11-7-15(8-12-17)21-19-5-3-4-6-20(19)23-22(26-21)16-9-13-18(25-2)14-10-16/h3-14,21H,1-2H3. The fourth-order valence-electron chi connectivity index (χ4n) is 3.01. The van der Waals surface area contributed by atoms with Gasteiger partial charge in [-0.05, 0) is 53.6 Å². The van der Waals surface area contributed by atoms with Crippen LogP contribution in [0, 0.1) is 0 Å². The van der Waals surface area contributed by atoms with Crippen molar-refractivity contribution in [2.75, 3.05) is 14.2 Å². The van der Waals surface area contributed by atoms with Crippen LogP contribution in [0.2, 0.25) is 0 Å². The molecule has 3 aromatic rings. The third kappa shape index (κ3) is 3.20. The van der Waals surface area contributed by atoms with E-state index < -0.39 is 0 Å². The maximum Gasteiger partial charge on any atom is 0.118 e. The maximum atomic E-state index is 5.30. The highest BCUT2D eigenvalue weighted by Crippen LogP contribution is 2.46. The summed E-state index contributed by atoms with van der Waals surface area (Å²) in [6.07, 6.45) is 0. The number of benzene rings is 3. The summed E-state index contributed by atoms with van der Waals surface area (Å²) in [6.45, 7) is 0. The van der Waals surface area contributed by atoms with E-state index in [1.54, 1.807) is 26.0 Å². The van der Waals surface area contributed by atoms with Gasteiger partial charge in [-0.15, -0.1) is 0 Å². The lowest BCUT2D eigenvalue weighted by Crippen LogP contribution is -2.08. The van der Waals surface area contributed by atoms with Gasteiger partial charge in [-0.3, -0.25) is 0 Å². The van der Waals surface area contributed by atoms with Crippen LogP contribution < -0.4 is 9.47 Å². The summed E-state index contributed by atoms with van der Waals surface area (Å²) in [5.41, 5.74) is 4.60. The first-order valence-electron chi connectivity index (χ1n) is 8.41. The summed E-state index contributed by atoms with van der Waals surface area (Å²) in [5.74, 6) is 1.72. The van der Waals surface area contributed by atoms with Crippen LogP contribution in [0.3, 0.4) is 0 Å². The molecule has 1 unspecified atom stereocenters. The van der Waals surface area contributed by atoms with Gasteiger partial charge in [0.15, 0.2) is 0 Å². The number of ether oxygens (including phenoxy) is 2. The molecule has 3 aromatic carbocycles. The molecule has 4 heteroatoms. The van der Waals surface area contributed by atoms with Crippen LogP contribution in [0.25, 0.3) is 0 Å². The summed E-state index contributed by atoms with van der Waals surface area (Å²) in [6, 6.07) is 24.7. The molecule has 1 heterocycles. The molecule has 0 N–H and O–H groups in total. The molecule has 130 valence electrons. The zero-order valence-corrected chi connectivity index (χ0v) is 15.5. The molecule has 0 fully saturated rings. The Balaban J connectivity index is 1.74. The van der Waals surface area contributed by atoms with E-state index in [0.717, 1.165) is 27.8 Å². The topological polar surface area (TPSA) is 30.8 Å². The van der Waals surface area contributed by atoms with E-state index in [4.69, 9.17) is 14.5 Å². The smallest absolute Gasteiger partial charge is 0.118 e. The van der Waals surface area contributed by atoms with Crippen LogP contribution >= 0.6 is 11.8 Å². The van der Waals surface area contributed by atoms with Crippen LogP contribution in [0.1, 0.15) is 21.9 Å². The molecular formula is C22H19NO2S. The summed E-state index contributed by atoms with van der Waals surface area (Å²) >= 11 is 1.78. The van der Waals surface area contributed by atoms with Gasteiger partial charge in [-0.1, -0.05) is 42.1 Å². The number of aliphatic imine (C=N–C) groups is 1. The second-order valence-corrected chi connectivity index (χ2v) is 7.07. The van der Waals surface area contributed by atoms with E-state index in [0.29, 0.717) is 0 Å². The molecule has 4 rings (SSSR count).